The van der Waals surface area contributed by atoms with Gasteiger partial charge in [0.2, 0.25) is 0 Å². The summed E-state index contributed by atoms with van der Waals surface area (Å²) in [5.41, 5.74) is 2.02. The van der Waals surface area contributed by atoms with Gasteiger partial charge >= 0.3 is 0 Å². The van der Waals surface area contributed by atoms with Crippen molar-refractivity contribution in [3.8, 4) is 11.5 Å². The molecule has 6 heteroatoms. The molecule has 0 aliphatic rings. The number of nitrogens with zero attached hydrogens (tertiary/aromatic N) is 1. The standard InChI is InChI=1S/C20H20ClNO4/c1-12-19(16-10-15(24-3)6-8-18(16)26-12)20(23)22(2)11-13-9-14(21)5-7-17(13)25-4/h5-10H,11H2,1-4H3. The highest BCUT2D eigenvalue weighted by Gasteiger charge is 2.22. The van der Waals surface area contributed by atoms with Crippen LogP contribution < -0.4 is 9.47 Å². The first kappa shape index (κ1) is 18.1. The monoisotopic (exact) mass is 373 g/mol. The zero-order chi connectivity index (χ0) is 18.8. The minimum atomic E-state index is -0.142. The number of furan rings is 1. The van der Waals surface area contributed by atoms with Gasteiger partial charge in [-0.1, -0.05) is 11.6 Å². The van der Waals surface area contributed by atoms with E-state index in [0.717, 1.165) is 10.9 Å². The largest absolute Gasteiger partial charge is 0.497 e. The Labute approximate surface area is 157 Å². The Balaban J connectivity index is 1.95. The SMILES string of the molecule is COc1ccc2oc(C)c(C(=O)N(C)Cc3cc(Cl)ccc3OC)c2c1. The molecule has 0 unspecified atom stereocenters. The molecule has 136 valence electrons. The van der Waals surface area contributed by atoms with Crippen molar-refractivity contribution in [2.45, 2.75) is 13.5 Å². The molecule has 1 amide bonds. The molecule has 1 aromatic heterocycles. The van der Waals surface area contributed by atoms with Crippen LogP contribution in [0.2, 0.25) is 5.02 Å². The van der Waals surface area contributed by atoms with Gasteiger partial charge < -0.3 is 18.8 Å². The molecular formula is C20H20ClNO4. The summed E-state index contributed by atoms with van der Waals surface area (Å²) >= 11 is 6.09. The number of hydrogen-bond acceptors (Lipinski definition) is 4. The molecule has 3 aromatic rings. The van der Waals surface area contributed by atoms with Crippen LogP contribution >= 0.6 is 11.6 Å². The van der Waals surface area contributed by atoms with Gasteiger partial charge in [0.05, 0.1) is 19.8 Å². The predicted octanol–water partition coefficient (Wildman–Crippen LogP) is 4.68. The number of ether oxygens (including phenoxy) is 2. The lowest BCUT2D eigenvalue weighted by molar-refractivity contribution is 0.0784. The molecule has 0 spiro atoms. The third-order valence-electron chi connectivity index (χ3n) is 4.28. The minimum Gasteiger partial charge on any atom is -0.497 e. The van der Waals surface area contributed by atoms with Crippen molar-refractivity contribution in [3.63, 3.8) is 0 Å². The number of fused-ring (bicyclic) bond motifs is 1. The number of benzene rings is 2. The molecule has 0 radical (unpaired) electrons. The molecule has 0 atom stereocenters. The zero-order valence-corrected chi connectivity index (χ0v) is 15.9. The second-order valence-corrected chi connectivity index (χ2v) is 6.45. The summed E-state index contributed by atoms with van der Waals surface area (Å²) in [5.74, 6) is 1.79. The number of hydrogen-bond donors (Lipinski definition) is 0. The number of amides is 1. The molecule has 0 fully saturated rings. The van der Waals surface area contributed by atoms with Crippen LogP contribution in [-0.2, 0) is 6.54 Å². The molecule has 0 bridgehead atoms. The van der Waals surface area contributed by atoms with Crippen LogP contribution in [0.5, 0.6) is 11.5 Å². The van der Waals surface area contributed by atoms with E-state index in [-0.39, 0.29) is 5.91 Å². The molecule has 0 saturated heterocycles. The Kier molecular flexibility index (Phi) is 5.09. The molecule has 3 rings (SSSR count). The summed E-state index contributed by atoms with van der Waals surface area (Å²) < 4.78 is 16.4. The average molecular weight is 374 g/mol. The highest BCUT2D eigenvalue weighted by atomic mass is 35.5. The van der Waals surface area contributed by atoms with Crippen molar-refractivity contribution in [1.29, 1.82) is 0 Å². The van der Waals surface area contributed by atoms with E-state index in [1.165, 1.54) is 0 Å². The molecule has 0 saturated carbocycles. The van der Waals surface area contributed by atoms with Crippen LogP contribution in [0.1, 0.15) is 21.7 Å². The number of carbonyl (C=O) groups excluding carboxylic acids is 1. The van der Waals surface area contributed by atoms with E-state index in [2.05, 4.69) is 0 Å². The predicted molar refractivity (Wildman–Crippen MR) is 101 cm³/mol. The van der Waals surface area contributed by atoms with Crippen molar-refractivity contribution in [3.05, 3.63) is 58.3 Å². The number of methoxy groups -OCH3 is 2. The van der Waals surface area contributed by atoms with E-state index in [4.69, 9.17) is 25.5 Å². The Morgan fingerprint density at radius 1 is 1.15 bits per heavy atom. The van der Waals surface area contributed by atoms with E-state index in [0.29, 0.717) is 40.0 Å². The van der Waals surface area contributed by atoms with Crippen LogP contribution in [0.25, 0.3) is 11.0 Å². The second-order valence-electron chi connectivity index (χ2n) is 6.01. The third kappa shape index (κ3) is 3.35. The molecular weight excluding hydrogens is 354 g/mol. The zero-order valence-electron chi connectivity index (χ0n) is 15.1. The molecule has 0 N–H and O–H groups in total. The number of halogens is 1. The Morgan fingerprint density at radius 3 is 2.62 bits per heavy atom. The maximum Gasteiger partial charge on any atom is 0.258 e. The van der Waals surface area contributed by atoms with Crippen LogP contribution in [-0.4, -0.2) is 32.1 Å². The smallest absolute Gasteiger partial charge is 0.258 e. The Bertz CT molecular complexity index is 964. The second kappa shape index (κ2) is 7.30. The van der Waals surface area contributed by atoms with Gasteiger partial charge in [0, 0.05) is 29.6 Å². The topological polar surface area (TPSA) is 51.9 Å². The fourth-order valence-corrected chi connectivity index (χ4v) is 3.18. The molecule has 1 heterocycles. The lowest BCUT2D eigenvalue weighted by Crippen LogP contribution is -2.26. The molecule has 0 aliphatic carbocycles. The molecule has 0 aliphatic heterocycles. The first-order valence-corrected chi connectivity index (χ1v) is 8.47. The summed E-state index contributed by atoms with van der Waals surface area (Å²) in [4.78, 5) is 14.7. The lowest BCUT2D eigenvalue weighted by Gasteiger charge is -2.19. The van der Waals surface area contributed by atoms with Gasteiger partial charge in [0.15, 0.2) is 0 Å². The number of rotatable bonds is 5. The quantitative estimate of drug-likeness (QED) is 0.651. The van der Waals surface area contributed by atoms with E-state index < -0.39 is 0 Å². The highest BCUT2D eigenvalue weighted by Crippen LogP contribution is 2.31. The van der Waals surface area contributed by atoms with Crippen molar-refractivity contribution in [1.82, 2.24) is 4.90 Å². The van der Waals surface area contributed by atoms with E-state index in [1.807, 2.05) is 6.07 Å². The van der Waals surface area contributed by atoms with Crippen LogP contribution in [0.3, 0.4) is 0 Å². The fraction of sp³-hybridized carbons (Fsp3) is 0.250. The maximum absolute atomic E-state index is 13.1. The van der Waals surface area contributed by atoms with Gasteiger partial charge in [-0.2, -0.15) is 0 Å². The van der Waals surface area contributed by atoms with Gasteiger partial charge in [-0.3, -0.25) is 4.79 Å². The van der Waals surface area contributed by atoms with Crippen LogP contribution in [0.15, 0.2) is 40.8 Å². The normalized spacial score (nSPS) is 10.8. The van der Waals surface area contributed by atoms with E-state index in [9.17, 15) is 4.79 Å². The first-order chi connectivity index (χ1) is 12.4. The Hall–Kier alpha value is -2.66. The minimum absolute atomic E-state index is 0.142. The fourth-order valence-electron chi connectivity index (χ4n) is 2.98. The summed E-state index contributed by atoms with van der Waals surface area (Å²) in [6.07, 6.45) is 0. The highest BCUT2D eigenvalue weighted by molar-refractivity contribution is 6.30. The van der Waals surface area contributed by atoms with Crippen molar-refractivity contribution in [2.75, 3.05) is 21.3 Å². The van der Waals surface area contributed by atoms with E-state index in [1.54, 1.807) is 63.4 Å². The van der Waals surface area contributed by atoms with Crippen LogP contribution in [0.4, 0.5) is 0 Å². The van der Waals surface area contributed by atoms with Crippen molar-refractivity contribution in [2.24, 2.45) is 0 Å². The van der Waals surface area contributed by atoms with Crippen molar-refractivity contribution >= 4 is 28.5 Å². The van der Waals surface area contributed by atoms with Crippen LogP contribution in [0, 0.1) is 6.92 Å². The molecule has 26 heavy (non-hydrogen) atoms. The average Bonchev–Trinajstić information content (AvgIpc) is 2.95. The first-order valence-electron chi connectivity index (χ1n) is 8.09. The van der Waals surface area contributed by atoms with Gasteiger partial charge in [-0.15, -0.1) is 0 Å². The summed E-state index contributed by atoms with van der Waals surface area (Å²) in [7, 11) is 4.92. The lowest BCUT2D eigenvalue weighted by atomic mass is 10.1. The third-order valence-corrected chi connectivity index (χ3v) is 4.52. The summed E-state index contributed by atoms with van der Waals surface area (Å²) in [6, 6.07) is 10.8. The van der Waals surface area contributed by atoms with Gasteiger partial charge in [-0.05, 0) is 43.3 Å². The van der Waals surface area contributed by atoms with Gasteiger partial charge in [0.25, 0.3) is 5.91 Å². The number of aryl methyl sites for hydroxylation is 1. The molecule has 5 nitrogen and oxygen atoms in total. The van der Waals surface area contributed by atoms with Gasteiger partial charge in [-0.25, -0.2) is 0 Å². The Morgan fingerprint density at radius 2 is 1.92 bits per heavy atom. The number of carbonyl (C=O) groups is 1. The summed E-state index contributed by atoms with van der Waals surface area (Å²) in [6.45, 7) is 2.15. The maximum atomic E-state index is 13.1. The van der Waals surface area contributed by atoms with Gasteiger partial charge in [0.1, 0.15) is 22.8 Å². The van der Waals surface area contributed by atoms with Crippen molar-refractivity contribution < 1.29 is 18.7 Å². The molecule has 2 aromatic carbocycles. The van der Waals surface area contributed by atoms with E-state index >= 15 is 0 Å². The summed E-state index contributed by atoms with van der Waals surface area (Å²) in [5, 5.41) is 1.33.